The molecular weight excluding hydrogens is 159 g/mol. The van der Waals surface area contributed by atoms with Gasteiger partial charge in [-0.3, -0.25) is 10.2 Å². The van der Waals surface area contributed by atoms with E-state index >= 15 is 0 Å². The normalized spacial score (nSPS) is 10.1. The van der Waals surface area contributed by atoms with Crippen LogP contribution in [0, 0.1) is 5.82 Å². The molecule has 1 N–H and O–H groups in total. The molecule has 1 aromatic carbocycles. The van der Waals surface area contributed by atoms with Gasteiger partial charge in [-0.25, -0.2) is 4.39 Å². The van der Waals surface area contributed by atoms with Gasteiger partial charge in [-0.1, -0.05) is 0 Å². The van der Waals surface area contributed by atoms with Crippen molar-refractivity contribution in [1.29, 1.82) is 0 Å². The van der Waals surface area contributed by atoms with Crippen LogP contribution in [0.5, 0.6) is 0 Å². The summed E-state index contributed by atoms with van der Waals surface area (Å²) in [4.78, 5) is 9.80. The minimum Gasteiger partial charge on any atom is -0.297 e. The molecule has 0 amide bonds. The maximum Gasteiger partial charge on any atom is 0.162 e. The second-order valence-corrected chi connectivity index (χ2v) is 2.03. The Morgan fingerprint density at radius 2 is 2.00 bits per heavy atom. The first kappa shape index (κ1) is 8.39. The lowest BCUT2D eigenvalue weighted by Gasteiger charge is -1.96. The summed E-state index contributed by atoms with van der Waals surface area (Å²) in [5.74, 6) is -0.306. The van der Waals surface area contributed by atoms with E-state index in [9.17, 15) is 9.18 Å². The van der Waals surface area contributed by atoms with Crippen LogP contribution in [0.3, 0.4) is 0 Å². The van der Waals surface area contributed by atoms with Crippen molar-refractivity contribution >= 4 is 18.2 Å². The van der Waals surface area contributed by atoms with Crippen LogP contribution in [0.4, 0.5) is 10.1 Å². The van der Waals surface area contributed by atoms with E-state index in [2.05, 4.69) is 10.5 Å². The molecule has 0 aliphatic carbocycles. The van der Waals surface area contributed by atoms with E-state index in [1.165, 1.54) is 24.3 Å². The minimum absolute atomic E-state index is 0.306. The number of hydrazone groups is 1. The van der Waals surface area contributed by atoms with Crippen LogP contribution in [-0.4, -0.2) is 12.5 Å². The Labute approximate surface area is 68.9 Å². The summed E-state index contributed by atoms with van der Waals surface area (Å²) in [5, 5.41) is 3.52. The molecule has 0 aromatic heterocycles. The molecule has 0 aliphatic heterocycles. The summed E-state index contributed by atoms with van der Waals surface area (Å²) >= 11 is 0. The first-order valence-corrected chi connectivity index (χ1v) is 3.31. The SMILES string of the molecule is O=CC=NNc1ccc(F)cc1. The highest BCUT2D eigenvalue weighted by atomic mass is 19.1. The Bertz CT molecular complexity index is 282. The Morgan fingerprint density at radius 1 is 1.33 bits per heavy atom. The van der Waals surface area contributed by atoms with Crippen LogP contribution in [0.1, 0.15) is 0 Å². The van der Waals surface area contributed by atoms with Gasteiger partial charge in [0.15, 0.2) is 6.29 Å². The highest BCUT2D eigenvalue weighted by Gasteiger charge is 1.89. The number of nitrogens with zero attached hydrogens (tertiary/aromatic N) is 1. The van der Waals surface area contributed by atoms with E-state index in [1.54, 1.807) is 0 Å². The van der Waals surface area contributed by atoms with Gasteiger partial charge >= 0.3 is 0 Å². The third-order valence-corrected chi connectivity index (χ3v) is 1.17. The maximum absolute atomic E-state index is 12.4. The molecule has 0 bridgehead atoms. The van der Waals surface area contributed by atoms with Crippen molar-refractivity contribution in [3.8, 4) is 0 Å². The summed E-state index contributed by atoms with van der Waals surface area (Å²) < 4.78 is 12.4. The number of halogens is 1. The van der Waals surface area contributed by atoms with Gasteiger partial charge in [0.05, 0.1) is 11.9 Å². The molecule has 0 atom stereocenters. The summed E-state index contributed by atoms with van der Waals surface area (Å²) in [6.07, 6.45) is 1.62. The Hall–Kier alpha value is -1.71. The van der Waals surface area contributed by atoms with Crippen molar-refractivity contribution in [1.82, 2.24) is 0 Å². The van der Waals surface area contributed by atoms with Crippen molar-refractivity contribution in [3.63, 3.8) is 0 Å². The van der Waals surface area contributed by atoms with Gasteiger partial charge in [0.1, 0.15) is 5.82 Å². The fourth-order valence-corrected chi connectivity index (χ4v) is 0.667. The van der Waals surface area contributed by atoms with E-state index < -0.39 is 0 Å². The second kappa shape index (κ2) is 4.23. The van der Waals surface area contributed by atoms with E-state index in [-0.39, 0.29) is 5.82 Å². The quantitative estimate of drug-likeness (QED) is 0.419. The van der Waals surface area contributed by atoms with Crippen LogP contribution >= 0.6 is 0 Å². The van der Waals surface area contributed by atoms with Crippen LogP contribution in [0.2, 0.25) is 0 Å². The maximum atomic E-state index is 12.4. The fourth-order valence-electron chi connectivity index (χ4n) is 0.667. The number of carbonyl (C=O) groups excluding carboxylic acids is 1. The number of hydrogen-bond donors (Lipinski definition) is 1. The lowest BCUT2D eigenvalue weighted by atomic mass is 10.3. The van der Waals surface area contributed by atoms with Crippen LogP contribution in [0.25, 0.3) is 0 Å². The predicted octanol–water partition coefficient (Wildman–Crippen LogP) is 1.42. The average molecular weight is 166 g/mol. The van der Waals surface area contributed by atoms with Crippen LogP contribution in [-0.2, 0) is 4.79 Å². The molecule has 0 unspecified atom stereocenters. The molecule has 0 fully saturated rings. The summed E-state index contributed by atoms with van der Waals surface area (Å²) in [5.41, 5.74) is 3.18. The van der Waals surface area contributed by atoms with Gasteiger partial charge in [-0.15, -0.1) is 0 Å². The molecule has 1 rings (SSSR count). The first-order valence-electron chi connectivity index (χ1n) is 3.31. The number of nitrogens with one attached hydrogen (secondary N) is 1. The molecule has 0 radical (unpaired) electrons. The summed E-state index contributed by atoms with van der Waals surface area (Å²) in [6.45, 7) is 0. The van der Waals surface area contributed by atoms with Gasteiger partial charge in [0, 0.05) is 0 Å². The number of aldehydes is 1. The Kier molecular flexibility index (Phi) is 2.95. The summed E-state index contributed by atoms with van der Waals surface area (Å²) in [6, 6.07) is 5.66. The summed E-state index contributed by atoms with van der Waals surface area (Å²) in [7, 11) is 0. The van der Waals surface area contributed by atoms with Crippen LogP contribution < -0.4 is 5.43 Å². The van der Waals surface area contributed by atoms with E-state index in [0.717, 1.165) is 6.21 Å². The molecular formula is C8H7FN2O. The lowest BCUT2D eigenvalue weighted by Crippen LogP contribution is -1.89. The Balaban J connectivity index is 2.58. The van der Waals surface area contributed by atoms with E-state index in [1.807, 2.05) is 0 Å². The number of hydrogen-bond acceptors (Lipinski definition) is 3. The highest BCUT2D eigenvalue weighted by Crippen LogP contribution is 2.07. The largest absolute Gasteiger partial charge is 0.297 e. The Morgan fingerprint density at radius 3 is 2.58 bits per heavy atom. The van der Waals surface area contributed by atoms with Crippen molar-refractivity contribution < 1.29 is 9.18 Å². The standard InChI is InChI=1S/C8H7FN2O/c9-7-1-3-8(4-2-7)11-10-5-6-12/h1-6,11H. The zero-order valence-corrected chi connectivity index (χ0v) is 6.20. The predicted molar refractivity (Wildman–Crippen MR) is 44.6 cm³/mol. The smallest absolute Gasteiger partial charge is 0.162 e. The van der Waals surface area contributed by atoms with Crippen LogP contribution in [0.15, 0.2) is 29.4 Å². The molecule has 0 saturated heterocycles. The molecule has 4 heteroatoms. The average Bonchev–Trinajstić information content (AvgIpc) is 2.09. The number of carbonyl (C=O) groups is 1. The van der Waals surface area contributed by atoms with Crippen molar-refractivity contribution in [2.75, 3.05) is 5.43 Å². The molecule has 0 spiro atoms. The molecule has 0 saturated carbocycles. The fraction of sp³-hybridized carbons (Fsp3) is 0. The van der Waals surface area contributed by atoms with Crippen molar-refractivity contribution in [2.45, 2.75) is 0 Å². The second-order valence-electron chi connectivity index (χ2n) is 2.03. The van der Waals surface area contributed by atoms with Gasteiger partial charge < -0.3 is 0 Å². The van der Waals surface area contributed by atoms with Gasteiger partial charge in [-0.05, 0) is 24.3 Å². The monoisotopic (exact) mass is 166 g/mol. The van der Waals surface area contributed by atoms with Gasteiger partial charge in [-0.2, -0.15) is 5.10 Å². The van der Waals surface area contributed by atoms with Gasteiger partial charge in [0.2, 0.25) is 0 Å². The van der Waals surface area contributed by atoms with E-state index in [0.29, 0.717) is 12.0 Å². The number of rotatable bonds is 3. The van der Waals surface area contributed by atoms with Crippen molar-refractivity contribution in [2.24, 2.45) is 5.10 Å². The third-order valence-electron chi connectivity index (χ3n) is 1.17. The lowest BCUT2D eigenvalue weighted by molar-refractivity contribution is -0.102. The molecule has 1 aromatic rings. The zero-order valence-electron chi connectivity index (χ0n) is 6.20. The molecule has 0 aliphatic rings. The first-order chi connectivity index (χ1) is 5.83. The zero-order chi connectivity index (χ0) is 8.81. The topological polar surface area (TPSA) is 41.5 Å². The molecule has 3 nitrogen and oxygen atoms in total. The number of anilines is 1. The third kappa shape index (κ3) is 2.49. The number of benzene rings is 1. The van der Waals surface area contributed by atoms with E-state index in [4.69, 9.17) is 0 Å². The molecule has 62 valence electrons. The minimum atomic E-state index is -0.306. The molecule has 0 heterocycles. The molecule has 12 heavy (non-hydrogen) atoms. The van der Waals surface area contributed by atoms with Crippen molar-refractivity contribution in [3.05, 3.63) is 30.1 Å². The highest BCUT2D eigenvalue weighted by molar-refractivity contribution is 6.13. The van der Waals surface area contributed by atoms with Gasteiger partial charge in [0.25, 0.3) is 0 Å².